The van der Waals surface area contributed by atoms with Gasteiger partial charge in [0.1, 0.15) is 0 Å². The summed E-state index contributed by atoms with van der Waals surface area (Å²) in [5.41, 5.74) is 13.1. The molecule has 7 aromatic rings. The number of thiophene rings is 1. The average molecular weight is 879 g/mol. The Morgan fingerprint density at radius 2 is 0.677 bits per heavy atom. The Balaban J connectivity index is 1.00. The highest BCUT2D eigenvalue weighted by Crippen LogP contribution is 2.45. The summed E-state index contributed by atoms with van der Waals surface area (Å²) in [6.07, 6.45) is 9.55. The first-order valence-corrected chi connectivity index (χ1v) is 24.7. The third kappa shape index (κ3) is 7.62. The zero-order chi connectivity index (χ0) is 44.9. The van der Waals surface area contributed by atoms with Crippen molar-refractivity contribution in [2.45, 2.75) is 129 Å². The number of rotatable bonds is 8. The molecule has 0 atom stereocenters. The van der Waals surface area contributed by atoms with Crippen molar-refractivity contribution in [2.24, 2.45) is 0 Å². The van der Waals surface area contributed by atoms with E-state index in [0.717, 1.165) is 59.4 Å². The van der Waals surface area contributed by atoms with Crippen LogP contribution in [-0.2, 0) is 44.3 Å². The highest BCUT2D eigenvalue weighted by atomic mass is 32.1. The van der Waals surface area contributed by atoms with Crippen molar-refractivity contribution in [1.82, 2.24) is 0 Å². The highest BCUT2D eigenvalue weighted by molar-refractivity contribution is 7.25. The van der Waals surface area contributed by atoms with Crippen LogP contribution in [-0.4, -0.2) is 36.6 Å². The summed E-state index contributed by atoms with van der Waals surface area (Å²) in [6, 6.07) is 45.8. The fourth-order valence-corrected chi connectivity index (χ4v) is 11.2. The van der Waals surface area contributed by atoms with Crippen LogP contribution in [0.4, 0.5) is 34.1 Å². The van der Waals surface area contributed by atoms with Gasteiger partial charge in [-0.3, -0.25) is 0 Å². The molecule has 2 saturated heterocycles. The van der Waals surface area contributed by atoms with Crippen LogP contribution in [0.1, 0.15) is 103 Å². The second kappa shape index (κ2) is 15.9. The predicted molar refractivity (Wildman–Crippen MR) is 273 cm³/mol. The lowest BCUT2D eigenvalue weighted by Gasteiger charge is -2.32. The number of aryl methyl sites for hydroxylation is 4. The Morgan fingerprint density at radius 1 is 0.369 bits per heavy atom. The van der Waals surface area contributed by atoms with Crippen molar-refractivity contribution in [3.05, 3.63) is 144 Å². The number of nitrogens with zero attached hydrogens (tertiary/aromatic N) is 2. The van der Waals surface area contributed by atoms with Gasteiger partial charge in [0.2, 0.25) is 0 Å². The maximum Gasteiger partial charge on any atom is 0.494 e. The largest absolute Gasteiger partial charge is 0.494 e. The van der Waals surface area contributed by atoms with Gasteiger partial charge >= 0.3 is 14.2 Å². The lowest BCUT2D eigenvalue weighted by atomic mass is 9.79. The molecule has 0 unspecified atom stereocenters. The molecular weight excluding hydrogens is 818 g/mol. The van der Waals surface area contributed by atoms with Crippen LogP contribution in [0, 0.1) is 0 Å². The molecule has 0 saturated carbocycles. The molecular formula is C56H60B2N2O4S. The molecule has 0 spiro atoms. The molecule has 3 heterocycles. The summed E-state index contributed by atoms with van der Waals surface area (Å²) in [6.45, 7) is 16.9. The van der Waals surface area contributed by atoms with E-state index in [2.05, 4.69) is 187 Å². The quantitative estimate of drug-likeness (QED) is 0.142. The van der Waals surface area contributed by atoms with E-state index >= 15 is 0 Å². The molecule has 0 bridgehead atoms. The van der Waals surface area contributed by atoms with E-state index in [1.807, 2.05) is 11.3 Å². The van der Waals surface area contributed by atoms with Crippen molar-refractivity contribution >= 4 is 90.8 Å². The maximum atomic E-state index is 6.46. The van der Waals surface area contributed by atoms with E-state index in [4.69, 9.17) is 18.6 Å². The molecule has 0 amide bonds. The maximum absolute atomic E-state index is 6.46. The SMILES string of the molecule is CC1(C)OB(c2ccc(N(c3ccc4c(c3)CCCC4)c3ccc4sc5ccc(N(c6ccc(B7OC(C)(C)C(C)(C)O7)cc6)c6ccc7c(c6)CCCC7)cc5c4c3)cc2)OC1(C)C. The van der Waals surface area contributed by atoms with Crippen LogP contribution in [0.3, 0.4) is 0 Å². The summed E-state index contributed by atoms with van der Waals surface area (Å²) in [7, 11) is -0.828. The van der Waals surface area contributed by atoms with Gasteiger partial charge in [-0.25, -0.2) is 0 Å². The fourth-order valence-electron chi connectivity index (χ4n) is 10.2. The van der Waals surface area contributed by atoms with E-state index < -0.39 is 36.6 Å². The van der Waals surface area contributed by atoms with E-state index in [1.54, 1.807) is 0 Å². The van der Waals surface area contributed by atoms with Gasteiger partial charge in [0.25, 0.3) is 0 Å². The van der Waals surface area contributed by atoms with Crippen LogP contribution in [0.25, 0.3) is 20.2 Å². The van der Waals surface area contributed by atoms with Crippen LogP contribution in [0.15, 0.2) is 121 Å². The number of fused-ring (bicyclic) bond motifs is 5. The highest BCUT2D eigenvalue weighted by Gasteiger charge is 2.52. The topological polar surface area (TPSA) is 43.4 Å². The second-order valence-corrected chi connectivity index (χ2v) is 21.9. The Kier molecular flexibility index (Phi) is 10.4. The average Bonchev–Trinajstić information content (AvgIpc) is 3.85. The van der Waals surface area contributed by atoms with E-state index in [1.165, 1.54) is 79.5 Å². The normalized spacial score (nSPS) is 19.4. The monoisotopic (exact) mass is 878 g/mol. The molecule has 0 N–H and O–H groups in total. The van der Waals surface area contributed by atoms with E-state index in [9.17, 15) is 0 Å². The molecule has 1 aromatic heterocycles. The molecule has 0 radical (unpaired) electrons. The van der Waals surface area contributed by atoms with Gasteiger partial charge in [0.15, 0.2) is 0 Å². The summed E-state index contributed by atoms with van der Waals surface area (Å²) in [5, 5.41) is 2.50. The number of hydrogen-bond donors (Lipinski definition) is 0. The van der Waals surface area contributed by atoms with Gasteiger partial charge in [-0.2, -0.15) is 0 Å². The van der Waals surface area contributed by atoms with Crippen LogP contribution in [0.5, 0.6) is 0 Å². The van der Waals surface area contributed by atoms with E-state index in [0.29, 0.717) is 0 Å². The standard InChI is InChI=1S/C56H60B2N2O4S/c1-53(2)54(3,4)62-57(61-53)41-19-25-43(26-20-41)59(45-23-17-37-13-9-11-15-39(37)33-45)47-29-31-51-49(35-47)50-36-48(30-32-52(50)65-51)60(46-24-18-38-14-10-12-16-40(38)34-46)44-27-21-42(22-28-44)58-63-55(5,6)56(7,8)64-58/h17-36H,9-16H2,1-8H3. The lowest BCUT2D eigenvalue weighted by molar-refractivity contribution is 0.00578. The number of hydrogen-bond acceptors (Lipinski definition) is 7. The van der Waals surface area contributed by atoms with Gasteiger partial charge in [-0.1, -0.05) is 36.4 Å². The first-order valence-electron chi connectivity index (χ1n) is 23.8. The van der Waals surface area contributed by atoms with Crippen LogP contribution in [0.2, 0.25) is 0 Å². The minimum absolute atomic E-state index is 0.401. The number of benzene rings is 6. The molecule has 65 heavy (non-hydrogen) atoms. The second-order valence-electron chi connectivity index (χ2n) is 20.8. The van der Waals surface area contributed by atoms with Gasteiger partial charge in [0, 0.05) is 54.3 Å². The zero-order valence-corrected chi connectivity index (χ0v) is 40.1. The minimum Gasteiger partial charge on any atom is -0.399 e. The Labute approximate surface area is 390 Å². The summed E-state index contributed by atoms with van der Waals surface area (Å²) in [4.78, 5) is 4.85. The van der Waals surface area contributed by atoms with Crippen molar-refractivity contribution in [2.75, 3.05) is 9.80 Å². The Hall–Kier alpha value is -4.89. The van der Waals surface area contributed by atoms with Crippen LogP contribution < -0.4 is 20.7 Å². The molecule has 6 aromatic carbocycles. The van der Waals surface area contributed by atoms with Gasteiger partial charge in [-0.05, 0) is 225 Å². The van der Waals surface area contributed by atoms with Gasteiger partial charge < -0.3 is 28.4 Å². The summed E-state index contributed by atoms with van der Waals surface area (Å²) < 4.78 is 28.4. The molecule has 330 valence electrons. The molecule has 11 rings (SSSR count). The first-order chi connectivity index (χ1) is 31.1. The minimum atomic E-state index is -0.414. The summed E-state index contributed by atoms with van der Waals surface area (Å²) in [5.74, 6) is 0. The molecule has 9 heteroatoms. The summed E-state index contributed by atoms with van der Waals surface area (Å²) >= 11 is 1.86. The molecule has 2 aliphatic heterocycles. The third-order valence-electron chi connectivity index (χ3n) is 15.5. The van der Waals surface area contributed by atoms with Crippen molar-refractivity contribution in [3.63, 3.8) is 0 Å². The zero-order valence-electron chi connectivity index (χ0n) is 39.3. The van der Waals surface area contributed by atoms with E-state index in [-0.39, 0.29) is 0 Å². The Bertz CT molecular complexity index is 2710. The van der Waals surface area contributed by atoms with Gasteiger partial charge in [-0.15, -0.1) is 11.3 Å². The fraction of sp³-hybridized carbons (Fsp3) is 0.357. The Morgan fingerprint density at radius 3 is 1.05 bits per heavy atom. The predicted octanol–water partition coefficient (Wildman–Crippen LogP) is 13.4. The molecule has 6 nitrogen and oxygen atoms in total. The van der Waals surface area contributed by atoms with Crippen molar-refractivity contribution in [3.8, 4) is 0 Å². The van der Waals surface area contributed by atoms with Crippen molar-refractivity contribution < 1.29 is 18.6 Å². The first kappa shape index (κ1) is 42.7. The molecule has 2 aliphatic carbocycles. The smallest absolute Gasteiger partial charge is 0.399 e. The molecule has 4 aliphatic rings. The molecule has 2 fully saturated rings. The van der Waals surface area contributed by atoms with Gasteiger partial charge in [0.05, 0.1) is 22.4 Å². The third-order valence-corrected chi connectivity index (χ3v) is 16.6. The van der Waals surface area contributed by atoms with Crippen molar-refractivity contribution in [1.29, 1.82) is 0 Å². The lowest BCUT2D eigenvalue weighted by Crippen LogP contribution is -2.41. The number of anilines is 6. The van der Waals surface area contributed by atoms with Crippen LogP contribution >= 0.6 is 11.3 Å².